The lowest BCUT2D eigenvalue weighted by Gasteiger charge is -2.04. The summed E-state index contributed by atoms with van der Waals surface area (Å²) in [4.78, 5) is 12.1. The van der Waals surface area contributed by atoms with Crippen molar-refractivity contribution in [1.82, 2.24) is 34.7 Å². The average molecular weight is 313 g/mol. The fourth-order valence-corrected chi connectivity index (χ4v) is 2.35. The predicted molar refractivity (Wildman–Crippen MR) is 83.7 cm³/mol. The van der Waals surface area contributed by atoms with E-state index in [1.54, 1.807) is 27.8 Å². The summed E-state index contributed by atoms with van der Waals surface area (Å²) in [7, 11) is 1.84. The molecule has 0 spiro atoms. The summed E-state index contributed by atoms with van der Waals surface area (Å²) in [6, 6.07) is 3.70. The SMILES string of the molecule is Cc1cc(C)n(Cn2ccc(C(=O)NCc3cnn(C)c3)n2)n1. The maximum atomic E-state index is 12.1. The van der Waals surface area contributed by atoms with Crippen LogP contribution in [0.1, 0.15) is 27.4 Å². The van der Waals surface area contributed by atoms with Crippen molar-refractivity contribution in [2.24, 2.45) is 7.05 Å². The van der Waals surface area contributed by atoms with Gasteiger partial charge in [-0.05, 0) is 26.0 Å². The normalized spacial score (nSPS) is 10.9. The zero-order valence-corrected chi connectivity index (χ0v) is 13.4. The van der Waals surface area contributed by atoms with Gasteiger partial charge in [0.1, 0.15) is 12.4 Å². The van der Waals surface area contributed by atoms with Crippen LogP contribution >= 0.6 is 0 Å². The van der Waals surface area contributed by atoms with Gasteiger partial charge < -0.3 is 5.32 Å². The Morgan fingerprint density at radius 3 is 2.78 bits per heavy atom. The van der Waals surface area contributed by atoms with Crippen molar-refractivity contribution in [1.29, 1.82) is 0 Å². The third-order valence-corrected chi connectivity index (χ3v) is 3.47. The van der Waals surface area contributed by atoms with Crippen molar-refractivity contribution in [3.05, 3.63) is 53.4 Å². The molecule has 0 unspecified atom stereocenters. The first-order valence-electron chi connectivity index (χ1n) is 7.31. The molecule has 0 atom stereocenters. The lowest BCUT2D eigenvalue weighted by molar-refractivity contribution is 0.0945. The van der Waals surface area contributed by atoms with Crippen molar-refractivity contribution in [3.63, 3.8) is 0 Å². The van der Waals surface area contributed by atoms with Gasteiger partial charge in [0.25, 0.3) is 5.91 Å². The van der Waals surface area contributed by atoms with Crippen LogP contribution in [-0.4, -0.2) is 35.2 Å². The van der Waals surface area contributed by atoms with Crippen LogP contribution < -0.4 is 5.32 Å². The molecule has 8 heteroatoms. The van der Waals surface area contributed by atoms with Gasteiger partial charge in [0.05, 0.1) is 11.9 Å². The van der Waals surface area contributed by atoms with Gasteiger partial charge in [-0.1, -0.05) is 0 Å². The maximum absolute atomic E-state index is 12.1. The molecule has 23 heavy (non-hydrogen) atoms. The standard InChI is InChI=1S/C15H19N7O/c1-11-6-12(2)22(18-11)10-21-5-4-14(19-21)15(23)16-7-13-8-17-20(3)9-13/h4-6,8-9H,7,10H2,1-3H3,(H,16,23). The Hall–Kier alpha value is -2.90. The summed E-state index contributed by atoms with van der Waals surface area (Å²) in [6.45, 7) is 4.85. The van der Waals surface area contributed by atoms with Crippen LogP contribution in [-0.2, 0) is 20.3 Å². The minimum absolute atomic E-state index is 0.207. The number of carbonyl (C=O) groups excluding carboxylic acids is 1. The van der Waals surface area contributed by atoms with Gasteiger partial charge >= 0.3 is 0 Å². The monoisotopic (exact) mass is 313 g/mol. The molecule has 0 saturated heterocycles. The minimum Gasteiger partial charge on any atom is -0.346 e. The molecule has 8 nitrogen and oxygen atoms in total. The lowest BCUT2D eigenvalue weighted by atomic mass is 10.3. The van der Waals surface area contributed by atoms with Crippen LogP contribution in [0.15, 0.2) is 30.7 Å². The molecule has 0 bridgehead atoms. The molecular weight excluding hydrogens is 294 g/mol. The molecule has 120 valence electrons. The van der Waals surface area contributed by atoms with Crippen LogP contribution in [0.25, 0.3) is 0 Å². The Bertz CT molecular complexity index is 827. The first kappa shape index (κ1) is 15.0. The van der Waals surface area contributed by atoms with E-state index in [4.69, 9.17) is 0 Å². The third-order valence-electron chi connectivity index (χ3n) is 3.47. The number of aryl methyl sites for hydroxylation is 3. The first-order chi connectivity index (χ1) is 11.0. The van der Waals surface area contributed by atoms with Gasteiger partial charge in [-0.25, -0.2) is 4.68 Å². The Labute approximate surface area is 133 Å². The van der Waals surface area contributed by atoms with Crippen molar-refractivity contribution in [2.75, 3.05) is 0 Å². The van der Waals surface area contributed by atoms with E-state index in [9.17, 15) is 4.79 Å². The number of aromatic nitrogens is 6. The van der Waals surface area contributed by atoms with E-state index in [2.05, 4.69) is 20.6 Å². The average Bonchev–Trinajstić information content (AvgIpc) is 3.19. The fourth-order valence-electron chi connectivity index (χ4n) is 2.35. The summed E-state index contributed by atoms with van der Waals surface area (Å²) < 4.78 is 5.24. The third kappa shape index (κ3) is 3.47. The molecule has 0 aliphatic heterocycles. The molecule has 0 fully saturated rings. The predicted octanol–water partition coefficient (Wildman–Crippen LogP) is 0.866. The van der Waals surface area contributed by atoms with E-state index >= 15 is 0 Å². The van der Waals surface area contributed by atoms with Gasteiger partial charge in [0, 0.05) is 37.2 Å². The molecule has 1 amide bonds. The molecule has 3 heterocycles. The Balaban J connectivity index is 1.62. The highest BCUT2D eigenvalue weighted by Gasteiger charge is 2.10. The van der Waals surface area contributed by atoms with Crippen LogP contribution in [0, 0.1) is 13.8 Å². The van der Waals surface area contributed by atoms with Crippen LogP contribution in [0.4, 0.5) is 0 Å². The molecule has 0 saturated carbocycles. The number of nitrogens with zero attached hydrogens (tertiary/aromatic N) is 6. The van der Waals surface area contributed by atoms with E-state index < -0.39 is 0 Å². The highest BCUT2D eigenvalue weighted by Crippen LogP contribution is 2.04. The highest BCUT2D eigenvalue weighted by molar-refractivity contribution is 5.92. The maximum Gasteiger partial charge on any atom is 0.272 e. The molecule has 0 aliphatic rings. The highest BCUT2D eigenvalue weighted by atomic mass is 16.1. The summed E-state index contributed by atoms with van der Waals surface area (Å²) in [6.07, 6.45) is 5.36. The number of rotatable bonds is 5. The Morgan fingerprint density at radius 1 is 1.30 bits per heavy atom. The Morgan fingerprint density at radius 2 is 2.13 bits per heavy atom. The number of carbonyl (C=O) groups is 1. The van der Waals surface area contributed by atoms with Gasteiger partial charge in [0.15, 0.2) is 0 Å². The smallest absolute Gasteiger partial charge is 0.272 e. The molecule has 0 aliphatic carbocycles. The van der Waals surface area contributed by atoms with Crippen molar-refractivity contribution in [2.45, 2.75) is 27.1 Å². The van der Waals surface area contributed by atoms with Crippen LogP contribution in [0.2, 0.25) is 0 Å². The number of nitrogens with one attached hydrogen (secondary N) is 1. The second kappa shape index (κ2) is 6.07. The molecule has 1 N–H and O–H groups in total. The van der Waals surface area contributed by atoms with Gasteiger partial charge in [0.2, 0.25) is 0 Å². The van der Waals surface area contributed by atoms with E-state index in [0.29, 0.717) is 18.9 Å². The molecule has 0 aromatic carbocycles. The van der Waals surface area contributed by atoms with Gasteiger partial charge in [-0.2, -0.15) is 15.3 Å². The van der Waals surface area contributed by atoms with Crippen molar-refractivity contribution in [3.8, 4) is 0 Å². The van der Waals surface area contributed by atoms with E-state index in [1.807, 2.05) is 37.8 Å². The molecule has 3 rings (SSSR count). The van der Waals surface area contributed by atoms with Crippen LogP contribution in [0.5, 0.6) is 0 Å². The van der Waals surface area contributed by atoms with Crippen molar-refractivity contribution < 1.29 is 4.79 Å². The van der Waals surface area contributed by atoms with Crippen LogP contribution in [0.3, 0.4) is 0 Å². The summed E-state index contributed by atoms with van der Waals surface area (Å²) in [5.41, 5.74) is 3.35. The van der Waals surface area contributed by atoms with E-state index in [0.717, 1.165) is 17.0 Å². The molecular formula is C15H19N7O. The summed E-state index contributed by atoms with van der Waals surface area (Å²) in [5, 5.41) is 15.6. The summed E-state index contributed by atoms with van der Waals surface area (Å²) in [5.74, 6) is -0.207. The van der Waals surface area contributed by atoms with Gasteiger partial charge in [-0.3, -0.25) is 14.2 Å². The molecule has 0 radical (unpaired) electrons. The number of hydrogen-bond donors (Lipinski definition) is 1. The number of hydrogen-bond acceptors (Lipinski definition) is 4. The van der Waals surface area contributed by atoms with Crippen molar-refractivity contribution >= 4 is 5.91 Å². The first-order valence-corrected chi connectivity index (χ1v) is 7.31. The molecule has 3 aromatic rings. The van der Waals surface area contributed by atoms with Gasteiger partial charge in [-0.15, -0.1) is 0 Å². The minimum atomic E-state index is -0.207. The zero-order chi connectivity index (χ0) is 16.4. The second-order valence-corrected chi connectivity index (χ2v) is 5.51. The Kier molecular flexibility index (Phi) is 3.96. The largest absolute Gasteiger partial charge is 0.346 e. The summed E-state index contributed by atoms with van der Waals surface area (Å²) >= 11 is 0. The second-order valence-electron chi connectivity index (χ2n) is 5.51. The quantitative estimate of drug-likeness (QED) is 0.757. The van der Waals surface area contributed by atoms with E-state index in [-0.39, 0.29) is 5.91 Å². The number of amides is 1. The lowest BCUT2D eigenvalue weighted by Crippen LogP contribution is -2.23. The zero-order valence-electron chi connectivity index (χ0n) is 13.4. The van der Waals surface area contributed by atoms with E-state index in [1.165, 1.54) is 0 Å². The topological polar surface area (TPSA) is 82.6 Å². The fraction of sp³-hybridized carbons (Fsp3) is 0.333. The molecule has 3 aromatic heterocycles.